The predicted molar refractivity (Wildman–Crippen MR) is 90.1 cm³/mol. The molecule has 0 amide bonds. The Morgan fingerprint density at radius 1 is 1.24 bits per heavy atom. The summed E-state index contributed by atoms with van der Waals surface area (Å²) in [6.07, 6.45) is 6.22. The maximum atomic E-state index is 6.20. The van der Waals surface area contributed by atoms with Gasteiger partial charge in [0.15, 0.2) is 0 Å². The van der Waals surface area contributed by atoms with Gasteiger partial charge in [-0.15, -0.1) is 0 Å². The molecule has 1 atom stereocenters. The molecule has 1 unspecified atom stereocenters. The molecule has 0 bridgehead atoms. The van der Waals surface area contributed by atoms with E-state index >= 15 is 0 Å². The molecule has 1 aromatic rings. The van der Waals surface area contributed by atoms with Gasteiger partial charge in [0, 0.05) is 13.0 Å². The van der Waals surface area contributed by atoms with Gasteiger partial charge in [-0.2, -0.15) is 0 Å². The van der Waals surface area contributed by atoms with Crippen molar-refractivity contribution in [2.75, 3.05) is 13.1 Å². The van der Waals surface area contributed by atoms with Crippen molar-refractivity contribution in [3.63, 3.8) is 0 Å². The molecule has 1 aliphatic heterocycles. The summed E-state index contributed by atoms with van der Waals surface area (Å²) in [5.74, 6) is 1.10. The second-order valence-electron chi connectivity index (χ2n) is 6.64. The number of aryl methyl sites for hydroxylation is 1. The fourth-order valence-electron chi connectivity index (χ4n) is 3.44. The number of benzene rings is 1. The lowest BCUT2D eigenvalue weighted by Gasteiger charge is -2.34. The van der Waals surface area contributed by atoms with E-state index in [0.29, 0.717) is 11.5 Å². The average Bonchev–Trinajstić information content (AvgIpc) is 2.87. The third-order valence-electron chi connectivity index (χ3n) is 5.04. The molecule has 0 spiro atoms. The monoisotopic (exact) mass is 289 g/mol. The second kappa shape index (κ2) is 7.31. The molecule has 1 heterocycles. The minimum Gasteiger partial charge on any atom is -0.490 e. The van der Waals surface area contributed by atoms with E-state index in [1.54, 1.807) is 0 Å². The maximum Gasteiger partial charge on any atom is 0.123 e. The van der Waals surface area contributed by atoms with Crippen LogP contribution in [-0.2, 0) is 6.42 Å². The van der Waals surface area contributed by atoms with Crippen molar-refractivity contribution >= 4 is 0 Å². The van der Waals surface area contributed by atoms with Crippen LogP contribution in [-0.4, -0.2) is 19.2 Å². The standard InChI is InChI=1S/C19H31NO/c1-5-10-20-14-19(6-2,7-3)13-17-12-16-11-15(4)8-9-18(16)21-17/h8-9,11,17,20H,5-7,10,12-14H2,1-4H3. The van der Waals surface area contributed by atoms with Crippen LogP contribution in [0.3, 0.4) is 0 Å². The van der Waals surface area contributed by atoms with Gasteiger partial charge < -0.3 is 10.1 Å². The van der Waals surface area contributed by atoms with E-state index in [4.69, 9.17) is 4.74 Å². The number of rotatable bonds is 8. The number of hydrogen-bond acceptors (Lipinski definition) is 2. The minimum atomic E-state index is 0.352. The average molecular weight is 289 g/mol. The molecule has 1 aliphatic rings. The van der Waals surface area contributed by atoms with Crippen LogP contribution >= 0.6 is 0 Å². The molecule has 0 aromatic heterocycles. The highest BCUT2D eigenvalue weighted by Crippen LogP contribution is 2.38. The molecule has 2 heteroatoms. The van der Waals surface area contributed by atoms with Crippen molar-refractivity contribution in [2.24, 2.45) is 5.41 Å². The van der Waals surface area contributed by atoms with Gasteiger partial charge in [-0.1, -0.05) is 38.5 Å². The van der Waals surface area contributed by atoms with Gasteiger partial charge in [-0.25, -0.2) is 0 Å². The molecule has 1 N–H and O–H groups in total. The number of ether oxygens (including phenoxy) is 1. The Bertz CT molecular complexity index is 451. The third kappa shape index (κ3) is 4.00. The summed E-state index contributed by atoms with van der Waals surface area (Å²) in [5.41, 5.74) is 3.10. The quantitative estimate of drug-likeness (QED) is 0.712. The van der Waals surface area contributed by atoms with Crippen LogP contribution < -0.4 is 10.1 Å². The van der Waals surface area contributed by atoms with Gasteiger partial charge in [0.05, 0.1) is 0 Å². The molecule has 0 radical (unpaired) electrons. The largest absolute Gasteiger partial charge is 0.490 e. The summed E-state index contributed by atoms with van der Waals surface area (Å²) in [4.78, 5) is 0. The van der Waals surface area contributed by atoms with Gasteiger partial charge in [-0.3, -0.25) is 0 Å². The van der Waals surface area contributed by atoms with Crippen molar-refractivity contribution in [1.29, 1.82) is 0 Å². The van der Waals surface area contributed by atoms with E-state index in [2.05, 4.69) is 51.2 Å². The topological polar surface area (TPSA) is 21.3 Å². The first kappa shape index (κ1) is 16.4. The molecule has 0 fully saturated rings. The summed E-state index contributed by atoms with van der Waals surface area (Å²) < 4.78 is 6.20. The summed E-state index contributed by atoms with van der Waals surface area (Å²) in [7, 11) is 0. The Morgan fingerprint density at radius 3 is 2.67 bits per heavy atom. The van der Waals surface area contributed by atoms with E-state index in [1.807, 2.05) is 0 Å². The predicted octanol–water partition coefficient (Wildman–Crippen LogP) is 4.49. The van der Waals surface area contributed by atoms with Crippen LogP contribution in [0.15, 0.2) is 18.2 Å². The van der Waals surface area contributed by atoms with Gasteiger partial charge >= 0.3 is 0 Å². The van der Waals surface area contributed by atoms with Crippen molar-refractivity contribution in [3.05, 3.63) is 29.3 Å². The minimum absolute atomic E-state index is 0.352. The van der Waals surface area contributed by atoms with Crippen molar-refractivity contribution < 1.29 is 4.74 Å². The van der Waals surface area contributed by atoms with E-state index in [0.717, 1.165) is 31.7 Å². The van der Waals surface area contributed by atoms with E-state index in [9.17, 15) is 0 Å². The molecule has 1 aromatic carbocycles. The molecule has 2 nitrogen and oxygen atoms in total. The lowest BCUT2D eigenvalue weighted by atomic mass is 9.76. The van der Waals surface area contributed by atoms with Gasteiger partial charge in [0.2, 0.25) is 0 Å². The lowest BCUT2D eigenvalue weighted by molar-refractivity contribution is 0.122. The summed E-state index contributed by atoms with van der Waals surface area (Å²) in [6, 6.07) is 6.57. The van der Waals surface area contributed by atoms with Gasteiger partial charge in [0.1, 0.15) is 11.9 Å². The molecule has 0 saturated heterocycles. The normalized spacial score (nSPS) is 17.6. The first-order valence-electron chi connectivity index (χ1n) is 8.59. The number of fused-ring (bicyclic) bond motifs is 1. The molecule has 0 saturated carbocycles. The van der Waals surface area contributed by atoms with Gasteiger partial charge in [0.25, 0.3) is 0 Å². The first-order chi connectivity index (χ1) is 10.1. The Hall–Kier alpha value is -1.02. The van der Waals surface area contributed by atoms with E-state index in [1.165, 1.54) is 30.4 Å². The van der Waals surface area contributed by atoms with Crippen molar-refractivity contribution in [2.45, 2.75) is 65.9 Å². The Labute approximate surface area is 130 Å². The molecular formula is C19H31NO. The summed E-state index contributed by atoms with van der Waals surface area (Å²) in [5, 5.41) is 3.63. The van der Waals surface area contributed by atoms with Crippen molar-refractivity contribution in [1.82, 2.24) is 5.32 Å². The lowest BCUT2D eigenvalue weighted by Crippen LogP contribution is -2.37. The zero-order valence-electron chi connectivity index (χ0n) is 14.2. The first-order valence-corrected chi connectivity index (χ1v) is 8.59. The molecular weight excluding hydrogens is 258 g/mol. The van der Waals surface area contributed by atoms with E-state index < -0.39 is 0 Å². The van der Waals surface area contributed by atoms with E-state index in [-0.39, 0.29) is 0 Å². The van der Waals surface area contributed by atoms with Crippen LogP contribution in [0.2, 0.25) is 0 Å². The number of nitrogens with one attached hydrogen (secondary N) is 1. The van der Waals surface area contributed by atoms with Crippen molar-refractivity contribution in [3.8, 4) is 5.75 Å². The molecule has 0 aliphatic carbocycles. The Morgan fingerprint density at radius 2 is 2.00 bits per heavy atom. The van der Waals surface area contributed by atoms with Crippen LogP contribution in [0.4, 0.5) is 0 Å². The second-order valence-corrected chi connectivity index (χ2v) is 6.64. The number of hydrogen-bond donors (Lipinski definition) is 1. The summed E-state index contributed by atoms with van der Waals surface area (Å²) >= 11 is 0. The molecule has 21 heavy (non-hydrogen) atoms. The van der Waals surface area contributed by atoms with Gasteiger partial charge in [-0.05, 0) is 56.2 Å². The smallest absolute Gasteiger partial charge is 0.123 e. The summed E-state index contributed by atoms with van der Waals surface area (Å²) in [6.45, 7) is 11.3. The zero-order valence-corrected chi connectivity index (χ0v) is 14.2. The fourth-order valence-corrected chi connectivity index (χ4v) is 3.44. The molecule has 118 valence electrons. The van der Waals surface area contributed by atoms with Crippen LogP contribution in [0.1, 0.15) is 57.6 Å². The zero-order chi connectivity index (χ0) is 15.3. The highest BCUT2D eigenvalue weighted by Gasteiger charge is 2.33. The third-order valence-corrected chi connectivity index (χ3v) is 5.04. The maximum absolute atomic E-state index is 6.20. The highest BCUT2D eigenvalue weighted by atomic mass is 16.5. The van der Waals surface area contributed by atoms with Crippen LogP contribution in [0.5, 0.6) is 5.75 Å². The Kier molecular flexibility index (Phi) is 5.69. The molecule has 2 rings (SSSR count). The Balaban J connectivity index is 1.99. The SMILES string of the molecule is CCCNCC(CC)(CC)CC1Cc2cc(C)ccc2O1. The van der Waals surface area contributed by atoms with Crippen LogP contribution in [0, 0.1) is 12.3 Å². The highest BCUT2D eigenvalue weighted by molar-refractivity contribution is 5.40. The van der Waals surface area contributed by atoms with Crippen LogP contribution in [0.25, 0.3) is 0 Å². The fraction of sp³-hybridized carbons (Fsp3) is 0.684.